The summed E-state index contributed by atoms with van der Waals surface area (Å²) in [5.74, 6) is -0.145. The van der Waals surface area contributed by atoms with Crippen molar-refractivity contribution in [2.75, 3.05) is 13.7 Å². The fraction of sp³-hybridized carbons (Fsp3) is 0.588. The van der Waals surface area contributed by atoms with Crippen molar-refractivity contribution in [2.24, 2.45) is 11.8 Å². The average molecular weight is 291 g/mol. The highest BCUT2D eigenvalue weighted by Crippen LogP contribution is 2.28. The minimum Gasteiger partial charge on any atom is -0.481 e. The number of carboxylic acid groups (broad SMARTS) is 1. The van der Waals surface area contributed by atoms with Gasteiger partial charge < -0.3 is 15.2 Å². The maximum Gasteiger partial charge on any atom is 0.306 e. The van der Waals surface area contributed by atoms with Gasteiger partial charge in [-0.3, -0.25) is 4.79 Å². The Hall–Kier alpha value is -1.39. The first-order valence-corrected chi connectivity index (χ1v) is 7.70. The van der Waals surface area contributed by atoms with E-state index in [2.05, 4.69) is 17.4 Å². The summed E-state index contributed by atoms with van der Waals surface area (Å²) in [4.78, 5) is 10.9. The van der Waals surface area contributed by atoms with E-state index in [0.717, 1.165) is 38.8 Å². The quantitative estimate of drug-likeness (QED) is 0.811. The number of carbonyl (C=O) groups is 1. The van der Waals surface area contributed by atoms with Gasteiger partial charge in [0.1, 0.15) is 0 Å². The van der Waals surface area contributed by atoms with Gasteiger partial charge in [0.15, 0.2) is 0 Å². The molecule has 0 bridgehead atoms. The van der Waals surface area contributed by atoms with Crippen LogP contribution in [0.4, 0.5) is 0 Å². The molecule has 2 N–H and O–H groups in total. The average Bonchev–Trinajstić information content (AvgIpc) is 2.50. The van der Waals surface area contributed by atoms with Crippen LogP contribution in [0.15, 0.2) is 24.3 Å². The van der Waals surface area contributed by atoms with Gasteiger partial charge in [-0.1, -0.05) is 24.3 Å². The number of carboxylic acids is 1. The molecule has 4 nitrogen and oxygen atoms in total. The van der Waals surface area contributed by atoms with Crippen molar-refractivity contribution < 1.29 is 14.6 Å². The summed E-state index contributed by atoms with van der Waals surface area (Å²) in [7, 11) is 1.71. The van der Waals surface area contributed by atoms with Crippen molar-refractivity contribution in [3.63, 3.8) is 0 Å². The van der Waals surface area contributed by atoms with Crippen molar-refractivity contribution >= 4 is 5.97 Å². The van der Waals surface area contributed by atoms with E-state index < -0.39 is 5.97 Å². The van der Waals surface area contributed by atoms with Crippen molar-refractivity contribution in [3.8, 4) is 0 Å². The number of methoxy groups -OCH3 is 1. The van der Waals surface area contributed by atoms with Crippen molar-refractivity contribution in [2.45, 2.75) is 38.8 Å². The molecule has 2 rings (SSSR count). The fourth-order valence-electron chi connectivity index (χ4n) is 3.05. The Bertz CT molecular complexity index is 453. The highest BCUT2D eigenvalue weighted by Gasteiger charge is 2.25. The Labute approximate surface area is 126 Å². The smallest absolute Gasteiger partial charge is 0.306 e. The lowest BCUT2D eigenvalue weighted by molar-refractivity contribution is -0.143. The maximum atomic E-state index is 10.9. The van der Waals surface area contributed by atoms with Crippen LogP contribution >= 0.6 is 0 Å². The first kappa shape index (κ1) is 16.0. The summed E-state index contributed by atoms with van der Waals surface area (Å²) in [6.07, 6.45) is 3.68. The zero-order valence-electron chi connectivity index (χ0n) is 12.7. The van der Waals surface area contributed by atoms with Crippen LogP contribution in [0.1, 0.15) is 36.8 Å². The molecule has 0 spiro atoms. The van der Waals surface area contributed by atoms with Crippen LogP contribution in [0.2, 0.25) is 0 Å². The Kier molecular flexibility index (Phi) is 6.21. The molecule has 4 heteroatoms. The van der Waals surface area contributed by atoms with E-state index in [0.29, 0.717) is 12.5 Å². The third-order valence-corrected chi connectivity index (χ3v) is 4.36. The molecule has 1 aliphatic rings. The van der Waals surface area contributed by atoms with Gasteiger partial charge in [-0.05, 0) is 49.3 Å². The van der Waals surface area contributed by atoms with Crippen molar-refractivity contribution in [1.29, 1.82) is 0 Å². The molecule has 0 radical (unpaired) electrons. The third-order valence-electron chi connectivity index (χ3n) is 4.36. The minimum absolute atomic E-state index is 0.122. The van der Waals surface area contributed by atoms with E-state index >= 15 is 0 Å². The van der Waals surface area contributed by atoms with E-state index in [1.54, 1.807) is 7.11 Å². The molecule has 1 aliphatic carbocycles. The number of benzene rings is 1. The lowest BCUT2D eigenvalue weighted by atomic mass is 9.82. The van der Waals surface area contributed by atoms with Gasteiger partial charge in [0.2, 0.25) is 0 Å². The van der Waals surface area contributed by atoms with E-state index in [9.17, 15) is 4.79 Å². The van der Waals surface area contributed by atoms with E-state index in [1.165, 1.54) is 11.1 Å². The summed E-state index contributed by atoms with van der Waals surface area (Å²) in [6.45, 7) is 2.45. The van der Waals surface area contributed by atoms with Gasteiger partial charge in [0.05, 0.1) is 12.5 Å². The number of hydrogen-bond acceptors (Lipinski definition) is 3. The van der Waals surface area contributed by atoms with Crippen LogP contribution in [0.5, 0.6) is 0 Å². The molecule has 0 unspecified atom stereocenters. The Balaban J connectivity index is 1.74. The monoisotopic (exact) mass is 291 g/mol. The molecular weight excluding hydrogens is 266 g/mol. The second-order valence-corrected chi connectivity index (χ2v) is 5.89. The van der Waals surface area contributed by atoms with Gasteiger partial charge in [-0.25, -0.2) is 0 Å². The number of aliphatic carboxylic acids is 1. The predicted octanol–water partition coefficient (Wildman–Crippen LogP) is 2.81. The van der Waals surface area contributed by atoms with Gasteiger partial charge in [0, 0.05) is 13.7 Å². The summed E-state index contributed by atoms with van der Waals surface area (Å²) in [5.41, 5.74) is 2.50. The van der Waals surface area contributed by atoms with E-state index in [1.807, 2.05) is 12.1 Å². The first-order chi connectivity index (χ1) is 10.2. The normalized spacial score (nSPS) is 22.1. The number of rotatable bonds is 7. The summed E-state index contributed by atoms with van der Waals surface area (Å²) in [6, 6.07) is 8.31. The van der Waals surface area contributed by atoms with Crippen molar-refractivity contribution in [3.05, 3.63) is 35.4 Å². The Morgan fingerprint density at radius 3 is 2.52 bits per heavy atom. The van der Waals surface area contributed by atoms with Gasteiger partial charge in [-0.15, -0.1) is 0 Å². The highest BCUT2D eigenvalue weighted by molar-refractivity contribution is 5.69. The van der Waals surface area contributed by atoms with Crippen LogP contribution in [-0.2, 0) is 22.7 Å². The highest BCUT2D eigenvalue weighted by atomic mass is 16.5. The van der Waals surface area contributed by atoms with E-state index in [4.69, 9.17) is 9.84 Å². The second-order valence-electron chi connectivity index (χ2n) is 5.89. The van der Waals surface area contributed by atoms with Crippen LogP contribution in [0.25, 0.3) is 0 Å². The van der Waals surface area contributed by atoms with Gasteiger partial charge >= 0.3 is 5.97 Å². The lowest BCUT2D eigenvalue weighted by Crippen LogP contribution is -2.28. The van der Waals surface area contributed by atoms with Crippen molar-refractivity contribution in [1.82, 2.24) is 5.32 Å². The molecule has 1 aromatic rings. The number of nitrogens with one attached hydrogen (secondary N) is 1. The topological polar surface area (TPSA) is 58.6 Å². The molecule has 1 aromatic carbocycles. The Morgan fingerprint density at radius 2 is 1.90 bits per heavy atom. The van der Waals surface area contributed by atoms with Crippen LogP contribution in [-0.4, -0.2) is 24.7 Å². The summed E-state index contributed by atoms with van der Waals surface area (Å²) in [5, 5.41) is 12.5. The molecular formula is C17H25NO3. The van der Waals surface area contributed by atoms with Crippen LogP contribution < -0.4 is 5.32 Å². The molecule has 21 heavy (non-hydrogen) atoms. The largest absolute Gasteiger partial charge is 0.481 e. The molecule has 1 fully saturated rings. The molecule has 116 valence electrons. The SMILES string of the molecule is COCc1ccccc1CNCC1CCC(C(=O)O)CC1. The molecule has 0 heterocycles. The fourth-order valence-corrected chi connectivity index (χ4v) is 3.05. The molecule has 0 atom stereocenters. The van der Waals surface area contributed by atoms with Gasteiger partial charge in [-0.2, -0.15) is 0 Å². The third kappa shape index (κ3) is 4.83. The predicted molar refractivity (Wildman–Crippen MR) is 81.9 cm³/mol. The van der Waals surface area contributed by atoms with Crippen LogP contribution in [0, 0.1) is 11.8 Å². The zero-order valence-corrected chi connectivity index (χ0v) is 12.7. The number of hydrogen-bond donors (Lipinski definition) is 2. The Morgan fingerprint density at radius 1 is 1.24 bits per heavy atom. The zero-order chi connectivity index (χ0) is 15.1. The second kappa shape index (κ2) is 8.15. The van der Waals surface area contributed by atoms with E-state index in [-0.39, 0.29) is 5.92 Å². The minimum atomic E-state index is -0.630. The lowest BCUT2D eigenvalue weighted by Gasteiger charge is -2.26. The summed E-state index contributed by atoms with van der Waals surface area (Å²) >= 11 is 0. The molecule has 1 saturated carbocycles. The summed E-state index contributed by atoms with van der Waals surface area (Å²) < 4.78 is 5.22. The number of ether oxygens (including phenoxy) is 1. The van der Waals surface area contributed by atoms with Crippen LogP contribution in [0.3, 0.4) is 0 Å². The van der Waals surface area contributed by atoms with Gasteiger partial charge in [0.25, 0.3) is 0 Å². The molecule has 0 amide bonds. The standard InChI is InChI=1S/C17H25NO3/c1-21-12-16-5-3-2-4-15(16)11-18-10-13-6-8-14(9-7-13)17(19)20/h2-5,13-14,18H,6-12H2,1H3,(H,19,20). The molecule has 0 saturated heterocycles. The molecule has 0 aliphatic heterocycles. The maximum absolute atomic E-state index is 10.9. The molecule has 0 aromatic heterocycles. The first-order valence-electron chi connectivity index (χ1n) is 7.70.